The smallest absolute Gasteiger partial charge is 0.338 e. The molecular weight excluding hydrogens is 260 g/mol. The molecule has 2 heterocycles. The van der Waals surface area contributed by atoms with E-state index in [9.17, 15) is 9.90 Å². The van der Waals surface area contributed by atoms with E-state index >= 15 is 0 Å². The molecule has 1 saturated heterocycles. The molecule has 1 aromatic carbocycles. The molecule has 0 radical (unpaired) electrons. The van der Waals surface area contributed by atoms with Gasteiger partial charge >= 0.3 is 5.97 Å². The number of para-hydroxylation sites is 1. The van der Waals surface area contributed by atoms with Gasteiger partial charge in [-0.25, -0.2) is 4.79 Å². The first-order valence-corrected chi connectivity index (χ1v) is 6.58. The van der Waals surface area contributed by atoms with Gasteiger partial charge in [-0.05, 0) is 26.0 Å². The van der Waals surface area contributed by atoms with Crippen LogP contribution >= 0.6 is 0 Å². The van der Waals surface area contributed by atoms with E-state index in [1.807, 2.05) is 18.7 Å². The van der Waals surface area contributed by atoms with Crippen LogP contribution in [-0.2, 0) is 4.74 Å². The summed E-state index contributed by atoms with van der Waals surface area (Å²) in [6.45, 7) is 5.35. The summed E-state index contributed by atoms with van der Waals surface area (Å²) in [5.41, 5.74) is 1.04. The number of hydrogen-bond acceptors (Lipinski definition) is 5. The Morgan fingerprint density at radius 3 is 2.70 bits per heavy atom. The number of anilines is 1. The number of carboxylic acid groups (broad SMARTS) is 1. The number of aromatic carboxylic acids is 1. The lowest BCUT2D eigenvalue weighted by atomic mass is 10.2. The van der Waals surface area contributed by atoms with E-state index in [0.717, 1.165) is 0 Å². The maximum atomic E-state index is 11.2. The molecule has 1 aliphatic heterocycles. The van der Waals surface area contributed by atoms with Gasteiger partial charge in [-0.15, -0.1) is 0 Å². The molecule has 20 heavy (non-hydrogen) atoms. The van der Waals surface area contributed by atoms with E-state index < -0.39 is 5.97 Å². The average molecular weight is 276 g/mol. The van der Waals surface area contributed by atoms with E-state index in [1.54, 1.807) is 12.1 Å². The van der Waals surface area contributed by atoms with Gasteiger partial charge in [0.05, 0.1) is 17.8 Å². The van der Waals surface area contributed by atoms with Crippen molar-refractivity contribution in [1.82, 2.24) is 4.98 Å². The van der Waals surface area contributed by atoms with Gasteiger partial charge in [0.2, 0.25) is 0 Å². The van der Waals surface area contributed by atoms with Crippen LogP contribution in [0.2, 0.25) is 0 Å². The highest BCUT2D eigenvalue weighted by Crippen LogP contribution is 2.26. The zero-order valence-corrected chi connectivity index (χ0v) is 11.4. The summed E-state index contributed by atoms with van der Waals surface area (Å²) in [6.07, 6.45) is 0.181. The highest BCUT2D eigenvalue weighted by atomic mass is 16.5. The van der Waals surface area contributed by atoms with Gasteiger partial charge in [0.15, 0.2) is 5.58 Å². The quantitative estimate of drug-likeness (QED) is 0.905. The first kappa shape index (κ1) is 12.9. The highest BCUT2D eigenvalue weighted by Gasteiger charge is 2.26. The number of aromatic nitrogens is 1. The van der Waals surface area contributed by atoms with Crippen LogP contribution < -0.4 is 4.90 Å². The third-order valence-electron chi connectivity index (χ3n) is 3.33. The monoisotopic (exact) mass is 276 g/mol. The Labute approximate surface area is 116 Å². The fourth-order valence-electron chi connectivity index (χ4n) is 2.58. The van der Waals surface area contributed by atoms with Crippen molar-refractivity contribution in [2.45, 2.75) is 26.1 Å². The third kappa shape index (κ3) is 2.22. The average Bonchev–Trinajstić information content (AvgIpc) is 2.80. The van der Waals surface area contributed by atoms with Crippen LogP contribution in [0, 0.1) is 0 Å². The molecular formula is C14H16N2O4. The number of fused-ring (bicyclic) bond motifs is 1. The lowest BCUT2D eigenvalue weighted by Crippen LogP contribution is -2.45. The summed E-state index contributed by atoms with van der Waals surface area (Å²) in [5.74, 6) is -1.00. The Bertz CT molecular complexity index is 642. The molecule has 2 atom stereocenters. The number of carbonyl (C=O) groups is 1. The van der Waals surface area contributed by atoms with Gasteiger partial charge in [0.25, 0.3) is 6.01 Å². The Balaban J connectivity index is 2.00. The van der Waals surface area contributed by atoms with E-state index in [-0.39, 0.29) is 17.8 Å². The molecule has 1 fully saturated rings. The Morgan fingerprint density at radius 2 is 2.05 bits per heavy atom. The number of benzene rings is 1. The third-order valence-corrected chi connectivity index (χ3v) is 3.33. The molecule has 0 saturated carbocycles. The molecule has 0 aliphatic carbocycles. The van der Waals surface area contributed by atoms with Crippen LogP contribution in [0.1, 0.15) is 24.2 Å². The molecule has 1 N–H and O–H groups in total. The van der Waals surface area contributed by atoms with Crippen molar-refractivity contribution in [3.63, 3.8) is 0 Å². The van der Waals surface area contributed by atoms with Crippen molar-refractivity contribution in [3.8, 4) is 0 Å². The summed E-state index contributed by atoms with van der Waals surface area (Å²) in [4.78, 5) is 17.5. The maximum Gasteiger partial charge on any atom is 0.338 e. The summed E-state index contributed by atoms with van der Waals surface area (Å²) in [7, 11) is 0. The summed E-state index contributed by atoms with van der Waals surface area (Å²) < 4.78 is 11.4. The minimum absolute atomic E-state index is 0.0905. The molecule has 106 valence electrons. The van der Waals surface area contributed by atoms with Gasteiger partial charge in [-0.1, -0.05) is 6.07 Å². The van der Waals surface area contributed by atoms with Gasteiger partial charge in [-0.2, -0.15) is 4.98 Å². The number of ether oxygens (including phenoxy) is 1. The topological polar surface area (TPSA) is 75.8 Å². The van der Waals surface area contributed by atoms with E-state index in [4.69, 9.17) is 9.15 Å². The molecule has 1 aromatic heterocycles. The number of nitrogens with zero attached hydrogens (tertiary/aromatic N) is 2. The predicted octanol–water partition coefficient (Wildman–Crippen LogP) is 2.14. The lowest BCUT2D eigenvalue weighted by Gasteiger charge is -2.34. The highest BCUT2D eigenvalue weighted by molar-refractivity contribution is 6.00. The normalized spacial score (nSPS) is 23.2. The second-order valence-electron chi connectivity index (χ2n) is 5.12. The van der Waals surface area contributed by atoms with Gasteiger partial charge in [0.1, 0.15) is 5.52 Å². The Kier molecular flexibility index (Phi) is 3.10. The zero-order valence-electron chi connectivity index (χ0n) is 11.4. The fourth-order valence-corrected chi connectivity index (χ4v) is 2.58. The number of morpholine rings is 1. The van der Waals surface area contributed by atoms with Gasteiger partial charge in [0, 0.05) is 13.1 Å². The first-order chi connectivity index (χ1) is 9.54. The SMILES string of the molecule is C[C@@H]1CN(c2nc3c(C(=O)O)cccc3o2)C[C@H](C)O1. The summed E-state index contributed by atoms with van der Waals surface area (Å²) in [5, 5.41) is 9.17. The largest absolute Gasteiger partial charge is 0.478 e. The number of carboxylic acids is 1. The number of rotatable bonds is 2. The van der Waals surface area contributed by atoms with E-state index in [2.05, 4.69) is 4.98 Å². The van der Waals surface area contributed by atoms with Crippen LogP contribution in [0.4, 0.5) is 6.01 Å². The zero-order chi connectivity index (χ0) is 14.3. The molecule has 3 rings (SSSR count). The van der Waals surface area contributed by atoms with Crippen molar-refractivity contribution < 1.29 is 19.1 Å². The van der Waals surface area contributed by atoms with Crippen molar-refractivity contribution >= 4 is 23.1 Å². The fraction of sp³-hybridized carbons (Fsp3) is 0.429. The van der Waals surface area contributed by atoms with Crippen molar-refractivity contribution in [2.75, 3.05) is 18.0 Å². The molecule has 6 heteroatoms. The minimum Gasteiger partial charge on any atom is -0.478 e. The summed E-state index contributed by atoms with van der Waals surface area (Å²) in [6, 6.07) is 5.37. The van der Waals surface area contributed by atoms with Gasteiger partial charge in [-0.3, -0.25) is 0 Å². The van der Waals surface area contributed by atoms with Crippen molar-refractivity contribution in [3.05, 3.63) is 23.8 Å². The molecule has 0 spiro atoms. The number of oxazole rings is 1. The van der Waals surface area contributed by atoms with Crippen LogP contribution in [-0.4, -0.2) is 41.4 Å². The lowest BCUT2D eigenvalue weighted by molar-refractivity contribution is -0.00662. The van der Waals surface area contributed by atoms with Crippen molar-refractivity contribution in [1.29, 1.82) is 0 Å². The van der Waals surface area contributed by atoms with E-state index in [0.29, 0.717) is 30.2 Å². The van der Waals surface area contributed by atoms with E-state index in [1.165, 1.54) is 6.07 Å². The molecule has 0 bridgehead atoms. The maximum absolute atomic E-state index is 11.2. The van der Waals surface area contributed by atoms with Crippen LogP contribution in [0.3, 0.4) is 0 Å². The predicted molar refractivity (Wildman–Crippen MR) is 73.2 cm³/mol. The van der Waals surface area contributed by atoms with Gasteiger partial charge < -0.3 is 19.2 Å². The minimum atomic E-state index is -1.00. The standard InChI is InChI=1S/C14H16N2O4/c1-8-6-16(7-9(2)19-8)14-15-12-10(13(17)18)4-3-5-11(12)20-14/h3-5,8-9H,6-7H2,1-2H3,(H,17,18)/t8-,9+. The van der Waals surface area contributed by atoms with Crippen LogP contribution in [0.15, 0.2) is 22.6 Å². The second-order valence-corrected chi connectivity index (χ2v) is 5.12. The second kappa shape index (κ2) is 4.79. The molecule has 1 aliphatic rings. The van der Waals surface area contributed by atoms with Crippen LogP contribution in [0.25, 0.3) is 11.1 Å². The molecule has 6 nitrogen and oxygen atoms in total. The Morgan fingerprint density at radius 1 is 1.35 bits per heavy atom. The first-order valence-electron chi connectivity index (χ1n) is 6.58. The molecule has 0 unspecified atom stereocenters. The molecule has 0 amide bonds. The number of hydrogen-bond donors (Lipinski definition) is 1. The summed E-state index contributed by atoms with van der Waals surface area (Å²) >= 11 is 0. The molecule has 2 aromatic rings. The van der Waals surface area contributed by atoms with Crippen molar-refractivity contribution in [2.24, 2.45) is 0 Å². The van der Waals surface area contributed by atoms with Crippen LogP contribution in [0.5, 0.6) is 0 Å². The Hall–Kier alpha value is -2.08.